The molecule has 0 spiro atoms. The van der Waals surface area contributed by atoms with E-state index in [1.165, 1.54) is 0 Å². The van der Waals surface area contributed by atoms with Crippen LogP contribution in [0.3, 0.4) is 0 Å². The lowest BCUT2D eigenvalue weighted by molar-refractivity contribution is 0.0765. The van der Waals surface area contributed by atoms with Crippen LogP contribution in [0.5, 0.6) is 0 Å². The summed E-state index contributed by atoms with van der Waals surface area (Å²) in [4.78, 5) is 26.2. The topological polar surface area (TPSA) is 67.2 Å². The van der Waals surface area contributed by atoms with Gasteiger partial charge in [0, 0.05) is 39.9 Å². The summed E-state index contributed by atoms with van der Waals surface area (Å²) in [6.07, 6.45) is 5.47. The monoisotopic (exact) mass is 378 g/mol. The Morgan fingerprint density at radius 1 is 1.18 bits per heavy atom. The summed E-state index contributed by atoms with van der Waals surface area (Å²) in [6, 6.07) is 8.00. The molecule has 1 aliphatic rings. The van der Waals surface area contributed by atoms with Crippen molar-refractivity contribution >= 4 is 22.8 Å². The number of hydrogen-bond donors (Lipinski definition) is 0. The number of fused-ring (bicyclic) bond motifs is 1. The minimum absolute atomic E-state index is 0.0340. The fraction of sp³-hybridized carbons (Fsp3) is 0.429. The fourth-order valence-electron chi connectivity index (χ4n) is 3.93. The Balaban J connectivity index is 1.38. The number of piperidine rings is 1. The molecule has 2 aromatic heterocycles. The molecule has 0 bridgehead atoms. The summed E-state index contributed by atoms with van der Waals surface area (Å²) >= 11 is 0. The number of benzene rings is 1. The number of para-hydroxylation sites is 2. The molecule has 0 radical (unpaired) electrons. The van der Waals surface area contributed by atoms with Gasteiger partial charge < -0.3 is 9.80 Å². The third-order valence-corrected chi connectivity index (χ3v) is 5.46. The standard InChI is InChI=1S/C21H26N6O/c1-15-20(24-19-7-5-4-6-18(19)23-15)27-10-8-16(9-11-27)13-25(2)21(28)17-12-22-26(3)14-17/h4-7,12,14,16H,8-11,13H2,1-3H3. The maximum Gasteiger partial charge on any atom is 0.256 e. The predicted molar refractivity (Wildman–Crippen MR) is 109 cm³/mol. The SMILES string of the molecule is Cc1nc2ccccc2nc1N1CCC(CN(C)C(=O)c2cnn(C)c2)CC1. The summed E-state index contributed by atoms with van der Waals surface area (Å²) in [6.45, 7) is 4.67. The van der Waals surface area contributed by atoms with E-state index in [0.29, 0.717) is 11.5 Å². The molecule has 1 fully saturated rings. The van der Waals surface area contributed by atoms with E-state index in [9.17, 15) is 4.79 Å². The molecule has 28 heavy (non-hydrogen) atoms. The molecule has 0 N–H and O–H groups in total. The predicted octanol–water partition coefficient (Wildman–Crippen LogP) is 2.66. The number of amides is 1. The van der Waals surface area contributed by atoms with Crippen LogP contribution >= 0.6 is 0 Å². The second kappa shape index (κ2) is 7.58. The van der Waals surface area contributed by atoms with Crippen LogP contribution in [-0.2, 0) is 7.05 Å². The van der Waals surface area contributed by atoms with Gasteiger partial charge in [-0.1, -0.05) is 12.1 Å². The molecule has 0 unspecified atom stereocenters. The van der Waals surface area contributed by atoms with Crippen molar-refractivity contribution in [2.24, 2.45) is 13.0 Å². The molecule has 1 aromatic carbocycles. The van der Waals surface area contributed by atoms with Gasteiger partial charge in [-0.3, -0.25) is 9.48 Å². The van der Waals surface area contributed by atoms with Gasteiger partial charge in [0.2, 0.25) is 0 Å². The Hall–Kier alpha value is -2.96. The Morgan fingerprint density at radius 2 is 1.86 bits per heavy atom. The zero-order valence-electron chi connectivity index (χ0n) is 16.7. The lowest BCUT2D eigenvalue weighted by Gasteiger charge is -2.35. The van der Waals surface area contributed by atoms with Crippen molar-refractivity contribution in [3.05, 3.63) is 47.9 Å². The first-order valence-corrected chi connectivity index (χ1v) is 9.73. The first-order chi connectivity index (χ1) is 13.5. The van der Waals surface area contributed by atoms with Gasteiger partial charge in [0.25, 0.3) is 5.91 Å². The van der Waals surface area contributed by atoms with E-state index in [4.69, 9.17) is 9.97 Å². The van der Waals surface area contributed by atoms with Gasteiger partial charge >= 0.3 is 0 Å². The molecule has 7 nitrogen and oxygen atoms in total. The maximum absolute atomic E-state index is 12.5. The molecule has 4 rings (SSSR count). The third-order valence-electron chi connectivity index (χ3n) is 5.46. The van der Waals surface area contributed by atoms with Crippen molar-refractivity contribution in [3.8, 4) is 0 Å². The van der Waals surface area contributed by atoms with Crippen LogP contribution in [0.15, 0.2) is 36.7 Å². The number of carbonyl (C=O) groups is 1. The van der Waals surface area contributed by atoms with Crippen molar-refractivity contribution in [1.29, 1.82) is 0 Å². The second-order valence-corrected chi connectivity index (χ2v) is 7.64. The molecule has 146 valence electrons. The maximum atomic E-state index is 12.5. The molecule has 1 amide bonds. The number of anilines is 1. The highest BCUT2D eigenvalue weighted by Crippen LogP contribution is 2.26. The van der Waals surface area contributed by atoms with E-state index in [-0.39, 0.29) is 5.91 Å². The van der Waals surface area contributed by atoms with Gasteiger partial charge in [-0.05, 0) is 37.8 Å². The van der Waals surface area contributed by atoms with Crippen LogP contribution < -0.4 is 4.90 Å². The van der Waals surface area contributed by atoms with Crippen LogP contribution in [0.1, 0.15) is 28.9 Å². The summed E-state index contributed by atoms with van der Waals surface area (Å²) in [5.41, 5.74) is 3.49. The van der Waals surface area contributed by atoms with E-state index < -0.39 is 0 Å². The Morgan fingerprint density at radius 3 is 2.50 bits per heavy atom. The minimum Gasteiger partial charge on any atom is -0.355 e. The van der Waals surface area contributed by atoms with Crippen molar-refractivity contribution in [2.75, 3.05) is 31.6 Å². The average Bonchev–Trinajstić information content (AvgIpc) is 3.14. The quantitative estimate of drug-likeness (QED) is 0.698. The normalized spacial score (nSPS) is 15.2. The van der Waals surface area contributed by atoms with Gasteiger partial charge in [0.05, 0.1) is 28.5 Å². The van der Waals surface area contributed by atoms with E-state index in [1.54, 1.807) is 17.1 Å². The zero-order valence-corrected chi connectivity index (χ0v) is 16.7. The molecule has 0 saturated carbocycles. The number of aromatic nitrogens is 4. The number of nitrogens with zero attached hydrogens (tertiary/aromatic N) is 6. The fourth-order valence-corrected chi connectivity index (χ4v) is 3.93. The molecule has 0 atom stereocenters. The van der Waals surface area contributed by atoms with Crippen LogP contribution in [0, 0.1) is 12.8 Å². The average molecular weight is 378 g/mol. The molecule has 1 saturated heterocycles. The van der Waals surface area contributed by atoms with E-state index in [1.807, 2.05) is 50.2 Å². The molecule has 3 heterocycles. The van der Waals surface area contributed by atoms with Gasteiger partial charge in [0.1, 0.15) is 0 Å². The summed E-state index contributed by atoms with van der Waals surface area (Å²) in [5, 5.41) is 4.09. The van der Waals surface area contributed by atoms with Crippen LogP contribution in [0.2, 0.25) is 0 Å². The number of aryl methyl sites for hydroxylation is 2. The number of hydrogen-bond acceptors (Lipinski definition) is 5. The third kappa shape index (κ3) is 3.69. The molecule has 0 aliphatic carbocycles. The lowest BCUT2D eigenvalue weighted by Crippen LogP contribution is -2.40. The molecule has 7 heteroatoms. The Labute approximate surface area is 165 Å². The number of rotatable bonds is 4. The smallest absolute Gasteiger partial charge is 0.256 e. The van der Waals surface area contributed by atoms with Crippen molar-refractivity contribution in [2.45, 2.75) is 19.8 Å². The van der Waals surface area contributed by atoms with Crippen molar-refractivity contribution in [3.63, 3.8) is 0 Å². The summed E-state index contributed by atoms with van der Waals surface area (Å²) in [7, 11) is 3.70. The van der Waals surface area contributed by atoms with E-state index >= 15 is 0 Å². The Kier molecular flexibility index (Phi) is 4.98. The molecule has 1 aliphatic heterocycles. The molecule has 3 aromatic rings. The van der Waals surface area contributed by atoms with Gasteiger partial charge in [-0.15, -0.1) is 0 Å². The largest absolute Gasteiger partial charge is 0.355 e. The molecular formula is C21H26N6O. The highest BCUT2D eigenvalue weighted by atomic mass is 16.2. The van der Waals surface area contributed by atoms with Crippen LogP contribution in [0.25, 0.3) is 11.0 Å². The lowest BCUT2D eigenvalue weighted by atomic mass is 9.96. The van der Waals surface area contributed by atoms with Gasteiger partial charge in [-0.25, -0.2) is 9.97 Å². The van der Waals surface area contributed by atoms with Crippen LogP contribution in [-0.4, -0.2) is 57.2 Å². The van der Waals surface area contributed by atoms with Crippen molar-refractivity contribution < 1.29 is 4.79 Å². The first kappa shape index (κ1) is 18.4. The molecular weight excluding hydrogens is 352 g/mol. The van der Waals surface area contributed by atoms with Gasteiger partial charge in [0.15, 0.2) is 5.82 Å². The highest BCUT2D eigenvalue weighted by molar-refractivity contribution is 5.93. The van der Waals surface area contributed by atoms with Crippen LogP contribution in [0.4, 0.5) is 5.82 Å². The zero-order chi connectivity index (χ0) is 19.7. The highest BCUT2D eigenvalue weighted by Gasteiger charge is 2.25. The minimum atomic E-state index is 0.0340. The number of carbonyl (C=O) groups excluding carboxylic acids is 1. The van der Waals surface area contributed by atoms with Gasteiger partial charge in [-0.2, -0.15) is 5.10 Å². The second-order valence-electron chi connectivity index (χ2n) is 7.64. The van der Waals surface area contributed by atoms with E-state index in [0.717, 1.165) is 55.0 Å². The van der Waals surface area contributed by atoms with Crippen molar-refractivity contribution in [1.82, 2.24) is 24.6 Å². The Bertz CT molecular complexity index is 989. The summed E-state index contributed by atoms with van der Waals surface area (Å²) in [5.74, 6) is 1.51. The van der Waals surface area contributed by atoms with E-state index in [2.05, 4.69) is 10.00 Å². The first-order valence-electron chi connectivity index (χ1n) is 9.73. The summed E-state index contributed by atoms with van der Waals surface area (Å²) < 4.78 is 1.66.